The molecule has 1 aromatic carbocycles. The third kappa shape index (κ3) is 3.78. The monoisotopic (exact) mass is 398 g/mol. The number of nitrogens with zero attached hydrogens (tertiary/aromatic N) is 2. The summed E-state index contributed by atoms with van der Waals surface area (Å²) in [6.07, 6.45) is 3.40. The molecule has 2 aliphatic rings. The second-order valence-corrected chi connectivity index (χ2v) is 8.86. The lowest BCUT2D eigenvalue weighted by Gasteiger charge is -2.34. The number of benzene rings is 1. The number of hydrogen-bond acceptors (Lipinski definition) is 4. The van der Waals surface area contributed by atoms with Crippen molar-refractivity contribution in [2.24, 2.45) is 5.92 Å². The van der Waals surface area contributed by atoms with Gasteiger partial charge >= 0.3 is 0 Å². The lowest BCUT2D eigenvalue weighted by atomic mass is 9.90. The summed E-state index contributed by atoms with van der Waals surface area (Å²) >= 11 is 1.66. The van der Waals surface area contributed by atoms with Crippen LogP contribution in [0.5, 0.6) is 5.75 Å². The Morgan fingerprint density at radius 2 is 1.68 bits per heavy atom. The van der Waals surface area contributed by atoms with E-state index in [1.807, 2.05) is 9.80 Å². The van der Waals surface area contributed by atoms with Gasteiger partial charge in [0.15, 0.2) is 0 Å². The van der Waals surface area contributed by atoms with Crippen molar-refractivity contribution in [1.82, 2.24) is 9.80 Å². The molecule has 0 bridgehead atoms. The Kier molecular flexibility index (Phi) is 5.40. The zero-order valence-electron chi connectivity index (χ0n) is 16.4. The number of amides is 2. The maximum atomic E-state index is 12.9. The first-order valence-corrected chi connectivity index (χ1v) is 10.7. The molecule has 5 nitrogen and oxygen atoms in total. The van der Waals surface area contributed by atoms with Crippen LogP contribution in [0.25, 0.3) is 0 Å². The third-order valence-electron chi connectivity index (χ3n) is 5.73. The molecule has 1 aliphatic heterocycles. The Balaban J connectivity index is 1.37. The number of carbonyl (C=O) groups excluding carboxylic acids is 2. The van der Waals surface area contributed by atoms with E-state index in [0.29, 0.717) is 37.7 Å². The number of piperazine rings is 1. The molecule has 28 heavy (non-hydrogen) atoms. The normalized spacial score (nSPS) is 19.3. The topological polar surface area (TPSA) is 49.9 Å². The van der Waals surface area contributed by atoms with Gasteiger partial charge in [0.1, 0.15) is 5.75 Å². The van der Waals surface area contributed by atoms with Gasteiger partial charge in [-0.05, 0) is 61.1 Å². The molecule has 0 saturated carbocycles. The smallest absolute Gasteiger partial charge is 0.264 e. The van der Waals surface area contributed by atoms with Crippen molar-refractivity contribution in [1.29, 1.82) is 0 Å². The molecule has 0 radical (unpaired) electrons. The third-order valence-corrected chi connectivity index (χ3v) is 6.96. The molecule has 6 heteroatoms. The Bertz CT molecular complexity index is 866. The van der Waals surface area contributed by atoms with Crippen LogP contribution in [0, 0.1) is 5.92 Å². The first-order chi connectivity index (χ1) is 13.5. The summed E-state index contributed by atoms with van der Waals surface area (Å²) in [5.41, 5.74) is 2.01. The Labute approximate surface area is 169 Å². The van der Waals surface area contributed by atoms with Crippen LogP contribution in [0.1, 0.15) is 43.8 Å². The first kappa shape index (κ1) is 19.0. The molecule has 148 valence electrons. The van der Waals surface area contributed by atoms with E-state index in [1.54, 1.807) is 42.7 Å². The number of carbonyl (C=O) groups is 2. The maximum absolute atomic E-state index is 12.9. The van der Waals surface area contributed by atoms with Crippen molar-refractivity contribution in [2.45, 2.75) is 26.2 Å². The summed E-state index contributed by atoms with van der Waals surface area (Å²) in [5, 5.41) is 0. The Morgan fingerprint density at radius 3 is 2.32 bits per heavy atom. The first-order valence-electron chi connectivity index (χ1n) is 9.89. The van der Waals surface area contributed by atoms with Crippen LogP contribution < -0.4 is 4.74 Å². The van der Waals surface area contributed by atoms with E-state index in [4.69, 9.17) is 4.74 Å². The van der Waals surface area contributed by atoms with Crippen molar-refractivity contribution < 1.29 is 14.3 Å². The summed E-state index contributed by atoms with van der Waals surface area (Å²) in [6, 6.07) is 9.28. The minimum atomic E-state index is 0.00956. The summed E-state index contributed by atoms with van der Waals surface area (Å²) in [4.78, 5) is 31.6. The van der Waals surface area contributed by atoms with Crippen LogP contribution in [0.15, 0.2) is 30.3 Å². The van der Waals surface area contributed by atoms with Gasteiger partial charge in [-0.2, -0.15) is 0 Å². The minimum absolute atomic E-state index is 0.00956. The average Bonchev–Trinajstić information content (AvgIpc) is 3.16. The highest BCUT2D eigenvalue weighted by Crippen LogP contribution is 2.32. The fraction of sp³-hybridized carbons (Fsp3) is 0.455. The standard InChI is InChI=1S/C22H26N2O3S/c1-15-3-8-19-17(13-15)14-20(28-19)22(26)24-11-9-23(10-12-24)21(25)16-4-6-18(27-2)7-5-16/h4-7,14-15H,3,8-13H2,1-2H3/t15-/m1/s1. The molecule has 0 N–H and O–H groups in total. The molecule has 4 rings (SSSR count). The molecule has 1 aliphatic carbocycles. The molecule has 1 fully saturated rings. The van der Waals surface area contributed by atoms with Crippen LogP contribution in [0.2, 0.25) is 0 Å². The lowest BCUT2D eigenvalue weighted by molar-refractivity contribution is 0.0538. The average molecular weight is 399 g/mol. The van der Waals surface area contributed by atoms with E-state index in [9.17, 15) is 9.59 Å². The van der Waals surface area contributed by atoms with E-state index in [0.717, 1.165) is 23.5 Å². The zero-order chi connectivity index (χ0) is 19.7. The predicted molar refractivity (Wildman–Crippen MR) is 110 cm³/mol. The Morgan fingerprint density at radius 1 is 1.04 bits per heavy atom. The molecule has 0 unspecified atom stereocenters. The van der Waals surface area contributed by atoms with Gasteiger partial charge in [-0.15, -0.1) is 11.3 Å². The van der Waals surface area contributed by atoms with Gasteiger partial charge in [0, 0.05) is 36.6 Å². The highest BCUT2D eigenvalue weighted by molar-refractivity contribution is 7.14. The van der Waals surface area contributed by atoms with Gasteiger partial charge in [-0.1, -0.05) is 6.92 Å². The fourth-order valence-electron chi connectivity index (χ4n) is 4.00. The maximum Gasteiger partial charge on any atom is 0.264 e. The number of aryl methyl sites for hydroxylation is 1. The summed E-state index contributed by atoms with van der Waals surface area (Å²) in [7, 11) is 1.61. The van der Waals surface area contributed by atoms with Crippen LogP contribution in [-0.4, -0.2) is 54.9 Å². The van der Waals surface area contributed by atoms with Crippen molar-refractivity contribution in [3.05, 3.63) is 51.2 Å². The number of thiophene rings is 1. The van der Waals surface area contributed by atoms with E-state index < -0.39 is 0 Å². The number of fused-ring (bicyclic) bond motifs is 1. The second-order valence-electron chi connectivity index (χ2n) is 7.72. The molecule has 1 aromatic heterocycles. The Hall–Kier alpha value is -2.34. The van der Waals surface area contributed by atoms with Crippen LogP contribution >= 0.6 is 11.3 Å². The van der Waals surface area contributed by atoms with Crippen LogP contribution in [0.3, 0.4) is 0 Å². The summed E-state index contributed by atoms with van der Waals surface area (Å²) in [5.74, 6) is 1.57. The molecule has 2 aromatic rings. The van der Waals surface area contributed by atoms with Crippen LogP contribution in [0.4, 0.5) is 0 Å². The molecule has 0 spiro atoms. The van der Waals surface area contributed by atoms with Gasteiger partial charge in [0.05, 0.1) is 12.0 Å². The van der Waals surface area contributed by atoms with Gasteiger partial charge in [-0.25, -0.2) is 0 Å². The van der Waals surface area contributed by atoms with Crippen molar-refractivity contribution in [2.75, 3.05) is 33.3 Å². The van der Waals surface area contributed by atoms with Crippen molar-refractivity contribution in [3.63, 3.8) is 0 Å². The zero-order valence-corrected chi connectivity index (χ0v) is 17.3. The van der Waals surface area contributed by atoms with E-state index in [1.165, 1.54) is 16.9 Å². The second kappa shape index (κ2) is 7.95. The SMILES string of the molecule is COc1ccc(C(=O)N2CCN(C(=O)c3cc4c(s3)CC[C@@H](C)C4)CC2)cc1. The number of methoxy groups -OCH3 is 1. The summed E-state index contributed by atoms with van der Waals surface area (Å²) in [6.45, 7) is 4.58. The van der Waals surface area contributed by atoms with Crippen molar-refractivity contribution in [3.8, 4) is 5.75 Å². The molecular formula is C22H26N2O3S. The molecular weight excluding hydrogens is 372 g/mol. The van der Waals surface area contributed by atoms with Gasteiger partial charge in [0.2, 0.25) is 0 Å². The molecule has 2 heterocycles. The minimum Gasteiger partial charge on any atom is -0.497 e. The largest absolute Gasteiger partial charge is 0.497 e. The van der Waals surface area contributed by atoms with Crippen LogP contribution in [-0.2, 0) is 12.8 Å². The number of rotatable bonds is 3. The molecule has 1 atom stereocenters. The fourth-order valence-corrected chi connectivity index (χ4v) is 5.17. The summed E-state index contributed by atoms with van der Waals surface area (Å²) < 4.78 is 5.14. The number of ether oxygens (including phenoxy) is 1. The van der Waals surface area contributed by atoms with Gasteiger partial charge < -0.3 is 14.5 Å². The van der Waals surface area contributed by atoms with Gasteiger partial charge in [-0.3, -0.25) is 9.59 Å². The van der Waals surface area contributed by atoms with Crippen molar-refractivity contribution >= 4 is 23.2 Å². The van der Waals surface area contributed by atoms with E-state index in [2.05, 4.69) is 13.0 Å². The van der Waals surface area contributed by atoms with E-state index >= 15 is 0 Å². The van der Waals surface area contributed by atoms with E-state index in [-0.39, 0.29) is 11.8 Å². The lowest BCUT2D eigenvalue weighted by Crippen LogP contribution is -2.50. The predicted octanol–water partition coefficient (Wildman–Crippen LogP) is 3.48. The van der Waals surface area contributed by atoms with Gasteiger partial charge in [0.25, 0.3) is 11.8 Å². The highest BCUT2D eigenvalue weighted by atomic mass is 32.1. The quantitative estimate of drug-likeness (QED) is 0.795. The highest BCUT2D eigenvalue weighted by Gasteiger charge is 2.28. The molecule has 2 amide bonds. The number of hydrogen-bond donors (Lipinski definition) is 0. The molecule has 1 saturated heterocycles.